The Balaban J connectivity index is 1.57. The van der Waals surface area contributed by atoms with Crippen LogP contribution in [0.2, 0.25) is 0 Å². The van der Waals surface area contributed by atoms with E-state index in [4.69, 9.17) is 0 Å². The normalized spacial score (nSPS) is 25.2. The van der Waals surface area contributed by atoms with Crippen molar-refractivity contribution in [1.82, 2.24) is 20.1 Å². The molecule has 0 spiro atoms. The van der Waals surface area contributed by atoms with Crippen LogP contribution in [0.15, 0.2) is 36.8 Å². The van der Waals surface area contributed by atoms with Gasteiger partial charge in [-0.1, -0.05) is 0 Å². The second-order valence-electron chi connectivity index (χ2n) is 5.37. The van der Waals surface area contributed by atoms with Crippen LogP contribution in [0.3, 0.4) is 0 Å². The molecule has 98 valence electrons. The average Bonchev–Trinajstić information content (AvgIpc) is 3.16. The van der Waals surface area contributed by atoms with Crippen molar-refractivity contribution in [3.63, 3.8) is 0 Å². The topological polar surface area (TPSA) is 46.0 Å². The predicted molar refractivity (Wildman–Crippen MR) is 73.1 cm³/mol. The van der Waals surface area contributed by atoms with Crippen LogP contribution in [0.5, 0.6) is 0 Å². The van der Waals surface area contributed by atoms with E-state index in [1.165, 1.54) is 12.0 Å². The van der Waals surface area contributed by atoms with Crippen molar-refractivity contribution in [2.75, 3.05) is 18.0 Å². The van der Waals surface area contributed by atoms with Gasteiger partial charge in [0.25, 0.3) is 0 Å². The Morgan fingerprint density at radius 1 is 1.37 bits per heavy atom. The highest BCUT2D eigenvalue weighted by Crippen LogP contribution is 2.28. The number of nitrogens with zero attached hydrogens (tertiary/aromatic N) is 4. The minimum absolute atomic E-state index is 0.623. The first-order chi connectivity index (χ1) is 9.38. The fourth-order valence-electron chi connectivity index (χ4n) is 3.14. The number of pyridine rings is 1. The molecule has 19 heavy (non-hydrogen) atoms. The van der Waals surface area contributed by atoms with Crippen LogP contribution in [0.25, 0.3) is 0 Å². The Morgan fingerprint density at radius 3 is 3.11 bits per heavy atom. The minimum Gasteiger partial charge on any atom is -0.351 e. The van der Waals surface area contributed by atoms with E-state index in [1.54, 1.807) is 0 Å². The van der Waals surface area contributed by atoms with Crippen LogP contribution < -0.4 is 10.2 Å². The van der Waals surface area contributed by atoms with Crippen molar-refractivity contribution in [3.05, 3.63) is 42.4 Å². The predicted octanol–water partition coefficient (Wildman–Crippen LogP) is 0.877. The maximum absolute atomic E-state index is 4.54. The lowest BCUT2D eigenvalue weighted by Crippen LogP contribution is -2.44. The molecule has 0 aliphatic carbocycles. The number of rotatable bonds is 3. The summed E-state index contributed by atoms with van der Waals surface area (Å²) in [7, 11) is 0. The zero-order valence-electron chi connectivity index (χ0n) is 10.7. The molecule has 5 heteroatoms. The molecular formula is C14H17N5. The molecule has 2 saturated heterocycles. The molecule has 2 atom stereocenters. The number of hydrogen-bond donors (Lipinski definition) is 1. The van der Waals surface area contributed by atoms with E-state index in [2.05, 4.69) is 32.4 Å². The number of fused-ring (bicyclic) bond motifs is 2. The van der Waals surface area contributed by atoms with Gasteiger partial charge in [0.1, 0.15) is 5.82 Å². The van der Waals surface area contributed by atoms with Gasteiger partial charge in [0.2, 0.25) is 0 Å². The molecule has 5 nitrogen and oxygen atoms in total. The second kappa shape index (κ2) is 4.35. The Labute approximate surface area is 112 Å². The molecule has 0 unspecified atom stereocenters. The van der Waals surface area contributed by atoms with Gasteiger partial charge in [-0.3, -0.25) is 4.68 Å². The number of nitrogens with one attached hydrogen (secondary N) is 1. The summed E-state index contributed by atoms with van der Waals surface area (Å²) in [6.45, 7) is 2.99. The lowest BCUT2D eigenvalue weighted by atomic mass is 10.2. The molecule has 2 bridgehead atoms. The zero-order valence-corrected chi connectivity index (χ0v) is 10.7. The van der Waals surface area contributed by atoms with Crippen molar-refractivity contribution in [2.24, 2.45) is 0 Å². The van der Waals surface area contributed by atoms with E-state index in [-0.39, 0.29) is 0 Å². The monoisotopic (exact) mass is 255 g/mol. The van der Waals surface area contributed by atoms with Crippen LogP contribution in [-0.2, 0) is 6.54 Å². The fourth-order valence-corrected chi connectivity index (χ4v) is 3.14. The number of anilines is 1. The molecule has 2 aliphatic rings. The van der Waals surface area contributed by atoms with Crippen LogP contribution in [0.4, 0.5) is 5.82 Å². The average molecular weight is 255 g/mol. The quantitative estimate of drug-likeness (QED) is 0.884. The summed E-state index contributed by atoms with van der Waals surface area (Å²) in [6.07, 6.45) is 6.97. The van der Waals surface area contributed by atoms with Crippen molar-refractivity contribution >= 4 is 5.82 Å². The molecule has 4 rings (SSSR count). The third-order valence-electron chi connectivity index (χ3n) is 4.06. The molecule has 4 heterocycles. The molecule has 1 N–H and O–H groups in total. The zero-order chi connectivity index (χ0) is 12.7. The minimum atomic E-state index is 0.623. The molecule has 2 aromatic heterocycles. The van der Waals surface area contributed by atoms with E-state index < -0.39 is 0 Å². The first-order valence-electron chi connectivity index (χ1n) is 6.81. The molecule has 2 aromatic rings. The molecular weight excluding hydrogens is 238 g/mol. The van der Waals surface area contributed by atoms with Crippen molar-refractivity contribution in [3.8, 4) is 0 Å². The van der Waals surface area contributed by atoms with Gasteiger partial charge in [0, 0.05) is 43.8 Å². The van der Waals surface area contributed by atoms with E-state index in [0.717, 1.165) is 25.5 Å². The fraction of sp³-hybridized carbons (Fsp3) is 0.429. The molecule has 0 amide bonds. The van der Waals surface area contributed by atoms with E-state index in [0.29, 0.717) is 12.1 Å². The van der Waals surface area contributed by atoms with E-state index in [9.17, 15) is 0 Å². The second-order valence-corrected chi connectivity index (χ2v) is 5.37. The summed E-state index contributed by atoms with van der Waals surface area (Å²) in [5.41, 5.74) is 1.25. The summed E-state index contributed by atoms with van der Waals surface area (Å²) >= 11 is 0. The highest BCUT2D eigenvalue weighted by atomic mass is 15.3. The number of piperazine rings is 1. The summed E-state index contributed by atoms with van der Waals surface area (Å²) in [4.78, 5) is 6.98. The van der Waals surface area contributed by atoms with Crippen molar-refractivity contribution in [1.29, 1.82) is 0 Å². The standard InChI is InChI=1S/C14H17N5/c1-3-17-18(5-1)9-11-2-4-15-14(6-11)19-10-12-7-13(19)8-16-12/h1-6,12-13,16H,7-10H2/t12-,13-/m0/s1. The van der Waals surface area contributed by atoms with E-state index >= 15 is 0 Å². The Hall–Kier alpha value is -1.88. The Kier molecular flexibility index (Phi) is 2.51. The largest absolute Gasteiger partial charge is 0.351 e. The smallest absolute Gasteiger partial charge is 0.129 e. The van der Waals surface area contributed by atoms with Gasteiger partial charge in [-0.25, -0.2) is 4.98 Å². The lowest BCUT2D eigenvalue weighted by molar-refractivity contribution is 0.576. The molecule has 0 radical (unpaired) electrons. The summed E-state index contributed by atoms with van der Waals surface area (Å²) in [5.74, 6) is 1.11. The highest BCUT2D eigenvalue weighted by Gasteiger charge is 2.38. The van der Waals surface area contributed by atoms with E-state index in [1.807, 2.05) is 29.3 Å². The van der Waals surface area contributed by atoms with Crippen molar-refractivity contribution in [2.45, 2.75) is 25.0 Å². The molecule has 2 aliphatic heterocycles. The summed E-state index contributed by atoms with van der Waals surface area (Å²) < 4.78 is 1.94. The van der Waals surface area contributed by atoms with Crippen LogP contribution in [0.1, 0.15) is 12.0 Å². The number of hydrogen-bond acceptors (Lipinski definition) is 4. The van der Waals surface area contributed by atoms with Gasteiger partial charge in [0.05, 0.1) is 6.54 Å². The first-order valence-corrected chi connectivity index (χ1v) is 6.81. The van der Waals surface area contributed by atoms with Gasteiger partial charge in [-0.05, 0) is 30.2 Å². The van der Waals surface area contributed by atoms with Gasteiger partial charge < -0.3 is 10.2 Å². The van der Waals surface area contributed by atoms with Crippen LogP contribution >= 0.6 is 0 Å². The first kappa shape index (κ1) is 11.0. The van der Waals surface area contributed by atoms with Crippen molar-refractivity contribution < 1.29 is 0 Å². The Morgan fingerprint density at radius 2 is 2.37 bits per heavy atom. The third kappa shape index (κ3) is 2.00. The SMILES string of the molecule is c1cnn(Cc2ccnc(N3C[C@@H]4C[C@H]3CN4)c2)c1. The maximum atomic E-state index is 4.54. The third-order valence-corrected chi connectivity index (χ3v) is 4.06. The molecule has 0 saturated carbocycles. The van der Waals surface area contributed by atoms with Gasteiger partial charge in [-0.15, -0.1) is 0 Å². The van der Waals surface area contributed by atoms with Gasteiger partial charge >= 0.3 is 0 Å². The van der Waals surface area contributed by atoms with Crippen LogP contribution in [0, 0.1) is 0 Å². The molecule has 0 aromatic carbocycles. The maximum Gasteiger partial charge on any atom is 0.129 e. The Bertz CT molecular complexity index is 565. The van der Waals surface area contributed by atoms with Gasteiger partial charge in [-0.2, -0.15) is 5.10 Å². The molecule has 2 fully saturated rings. The highest BCUT2D eigenvalue weighted by molar-refractivity contribution is 5.45. The summed E-state index contributed by atoms with van der Waals surface area (Å²) in [5, 5.41) is 7.77. The lowest BCUT2D eigenvalue weighted by Gasteiger charge is -2.28. The van der Waals surface area contributed by atoms with Crippen LogP contribution in [-0.4, -0.2) is 39.9 Å². The van der Waals surface area contributed by atoms with Gasteiger partial charge in [0.15, 0.2) is 0 Å². The number of aromatic nitrogens is 3. The summed E-state index contributed by atoms with van der Waals surface area (Å²) in [6, 6.07) is 7.49.